The predicted molar refractivity (Wildman–Crippen MR) is 127 cm³/mol. The number of fused-ring (bicyclic) bond motifs is 2. The highest BCUT2D eigenvalue weighted by Crippen LogP contribution is 2.55. The SMILES string of the molecule is COc1ccc2c(c1)C1(SCCN1C(=O)c1ccccc1C)C(=O)N2Cc1ccccc1F. The molecule has 1 saturated heterocycles. The van der Waals surface area contributed by atoms with Crippen LogP contribution in [0.25, 0.3) is 0 Å². The third-order valence-electron chi connectivity index (χ3n) is 6.31. The van der Waals surface area contributed by atoms with Crippen molar-refractivity contribution in [3.8, 4) is 5.75 Å². The molecule has 0 aromatic heterocycles. The molecule has 2 amide bonds. The fourth-order valence-corrected chi connectivity index (χ4v) is 6.09. The van der Waals surface area contributed by atoms with Crippen LogP contribution in [-0.2, 0) is 16.2 Å². The molecule has 0 bridgehead atoms. The summed E-state index contributed by atoms with van der Waals surface area (Å²) in [6.07, 6.45) is 0. The molecule has 2 heterocycles. The Bertz CT molecular complexity index is 1260. The normalized spacial score (nSPS) is 19.3. The second-order valence-corrected chi connectivity index (χ2v) is 9.42. The average molecular weight is 463 g/mol. The van der Waals surface area contributed by atoms with E-state index in [-0.39, 0.29) is 24.2 Å². The summed E-state index contributed by atoms with van der Waals surface area (Å²) in [4.78, 5) is 29.8. The fourth-order valence-electron chi connectivity index (χ4n) is 4.63. The number of benzene rings is 3. The van der Waals surface area contributed by atoms with Crippen molar-refractivity contribution in [3.63, 3.8) is 0 Å². The molecule has 3 aromatic rings. The number of nitrogens with zero attached hydrogens (tertiary/aromatic N) is 2. The predicted octanol–water partition coefficient (Wildman–Crippen LogP) is 4.73. The molecular formula is C26H23FN2O3S. The first-order chi connectivity index (χ1) is 16.0. The van der Waals surface area contributed by atoms with E-state index in [0.717, 1.165) is 5.56 Å². The lowest BCUT2D eigenvalue weighted by Crippen LogP contribution is -2.50. The number of rotatable bonds is 4. The Morgan fingerprint density at radius 3 is 2.64 bits per heavy atom. The van der Waals surface area contributed by atoms with Gasteiger partial charge < -0.3 is 14.5 Å². The first kappa shape index (κ1) is 21.5. The molecule has 0 saturated carbocycles. The summed E-state index contributed by atoms with van der Waals surface area (Å²) in [5.74, 6) is 0.428. The number of amides is 2. The van der Waals surface area contributed by atoms with Crippen LogP contribution in [0.4, 0.5) is 10.1 Å². The van der Waals surface area contributed by atoms with Crippen molar-refractivity contribution in [2.45, 2.75) is 18.3 Å². The van der Waals surface area contributed by atoms with Gasteiger partial charge in [0.15, 0.2) is 4.87 Å². The summed E-state index contributed by atoms with van der Waals surface area (Å²) in [5, 5.41) is 0. The molecule has 1 spiro atoms. The Kier molecular flexibility index (Phi) is 5.37. The molecular weight excluding hydrogens is 439 g/mol. The lowest BCUT2D eigenvalue weighted by Gasteiger charge is -2.33. The Morgan fingerprint density at radius 2 is 1.88 bits per heavy atom. The average Bonchev–Trinajstić information content (AvgIpc) is 3.37. The Hall–Kier alpha value is -3.32. The van der Waals surface area contributed by atoms with Crippen molar-refractivity contribution in [3.05, 3.63) is 94.8 Å². The lowest BCUT2D eigenvalue weighted by atomic mass is 10.0. The van der Waals surface area contributed by atoms with Crippen LogP contribution in [0, 0.1) is 12.7 Å². The Labute approximate surface area is 196 Å². The van der Waals surface area contributed by atoms with Crippen LogP contribution in [0.1, 0.15) is 27.0 Å². The smallest absolute Gasteiger partial charge is 0.268 e. The number of thioether (sulfide) groups is 1. The summed E-state index contributed by atoms with van der Waals surface area (Å²) in [6, 6.07) is 19.3. The van der Waals surface area contributed by atoms with Crippen molar-refractivity contribution < 1.29 is 18.7 Å². The maximum atomic E-state index is 14.5. The highest BCUT2D eigenvalue weighted by Gasteiger charge is 2.59. The van der Waals surface area contributed by atoms with E-state index in [2.05, 4.69) is 0 Å². The zero-order chi connectivity index (χ0) is 23.2. The molecule has 1 atom stereocenters. The molecule has 1 unspecified atom stereocenters. The zero-order valence-corrected chi connectivity index (χ0v) is 19.2. The number of anilines is 1. The maximum Gasteiger partial charge on any atom is 0.268 e. The van der Waals surface area contributed by atoms with Crippen LogP contribution in [0.3, 0.4) is 0 Å². The summed E-state index contributed by atoms with van der Waals surface area (Å²) in [5.41, 5.74) is 3.22. The van der Waals surface area contributed by atoms with Gasteiger partial charge in [-0.05, 0) is 42.8 Å². The van der Waals surface area contributed by atoms with Crippen molar-refractivity contribution in [2.24, 2.45) is 0 Å². The van der Waals surface area contributed by atoms with Gasteiger partial charge in [-0.15, -0.1) is 11.8 Å². The number of hydrogen-bond acceptors (Lipinski definition) is 4. The second kappa shape index (κ2) is 8.23. The van der Waals surface area contributed by atoms with Crippen LogP contribution in [0.5, 0.6) is 5.75 Å². The number of hydrogen-bond donors (Lipinski definition) is 0. The largest absolute Gasteiger partial charge is 0.497 e. The van der Waals surface area contributed by atoms with Gasteiger partial charge in [-0.2, -0.15) is 0 Å². The maximum absolute atomic E-state index is 14.5. The van der Waals surface area contributed by atoms with Crippen LogP contribution >= 0.6 is 11.8 Å². The van der Waals surface area contributed by atoms with E-state index in [4.69, 9.17) is 4.74 Å². The third kappa shape index (κ3) is 3.30. The molecule has 0 aliphatic carbocycles. The van der Waals surface area contributed by atoms with E-state index < -0.39 is 4.87 Å². The first-order valence-corrected chi connectivity index (χ1v) is 11.7. The number of aryl methyl sites for hydroxylation is 1. The minimum atomic E-state index is -1.21. The van der Waals surface area contributed by atoms with Gasteiger partial charge in [0.25, 0.3) is 11.8 Å². The van der Waals surface area contributed by atoms with Gasteiger partial charge in [-0.3, -0.25) is 9.59 Å². The molecule has 5 rings (SSSR count). The van der Waals surface area contributed by atoms with Gasteiger partial charge in [-0.25, -0.2) is 4.39 Å². The molecule has 7 heteroatoms. The van der Waals surface area contributed by atoms with Gasteiger partial charge in [0.05, 0.1) is 19.3 Å². The van der Waals surface area contributed by atoms with E-state index in [1.807, 2.05) is 37.3 Å². The van der Waals surface area contributed by atoms with Crippen LogP contribution in [0.2, 0.25) is 0 Å². The topological polar surface area (TPSA) is 49.9 Å². The second-order valence-electron chi connectivity index (χ2n) is 8.13. The van der Waals surface area contributed by atoms with Gasteiger partial charge in [-0.1, -0.05) is 36.4 Å². The molecule has 2 aliphatic heterocycles. The van der Waals surface area contributed by atoms with Crippen molar-refractivity contribution in [1.29, 1.82) is 0 Å². The summed E-state index contributed by atoms with van der Waals surface area (Å²) in [7, 11) is 1.57. The molecule has 5 nitrogen and oxygen atoms in total. The van der Waals surface area contributed by atoms with Crippen molar-refractivity contribution in [2.75, 3.05) is 24.3 Å². The van der Waals surface area contributed by atoms with Crippen molar-refractivity contribution in [1.82, 2.24) is 4.90 Å². The van der Waals surface area contributed by atoms with Gasteiger partial charge >= 0.3 is 0 Å². The summed E-state index contributed by atoms with van der Waals surface area (Å²) in [6.45, 7) is 2.41. The number of carbonyl (C=O) groups is 2. The third-order valence-corrected chi connectivity index (χ3v) is 7.73. The van der Waals surface area contributed by atoms with Crippen LogP contribution < -0.4 is 9.64 Å². The minimum Gasteiger partial charge on any atom is -0.497 e. The van der Waals surface area contributed by atoms with Crippen LogP contribution in [-0.4, -0.2) is 36.1 Å². The Morgan fingerprint density at radius 1 is 1.12 bits per heavy atom. The van der Waals surface area contributed by atoms with Crippen molar-refractivity contribution >= 4 is 29.3 Å². The highest BCUT2D eigenvalue weighted by molar-refractivity contribution is 8.01. The molecule has 3 aromatic carbocycles. The van der Waals surface area contributed by atoms with E-state index in [9.17, 15) is 14.0 Å². The summed E-state index contributed by atoms with van der Waals surface area (Å²) < 4.78 is 19.9. The van der Waals surface area contributed by atoms with Gasteiger partial charge in [0.2, 0.25) is 0 Å². The number of halogens is 1. The minimum absolute atomic E-state index is 0.0829. The van der Waals surface area contributed by atoms with E-state index >= 15 is 0 Å². The quantitative estimate of drug-likeness (QED) is 0.563. The van der Waals surface area contributed by atoms with E-state index in [1.165, 1.54) is 17.8 Å². The van der Waals surface area contributed by atoms with Gasteiger partial charge in [0.1, 0.15) is 11.6 Å². The van der Waals surface area contributed by atoms with E-state index in [0.29, 0.717) is 40.4 Å². The fraction of sp³-hybridized carbons (Fsp3) is 0.231. The highest BCUT2D eigenvalue weighted by atomic mass is 32.2. The number of carbonyl (C=O) groups excluding carboxylic acids is 2. The standard InChI is InChI=1S/C26H23FN2O3S/c1-17-7-3-5-9-20(17)24(30)29-13-14-33-26(29)21-15-19(32-2)11-12-23(21)28(25(26)31)16-18-8-4-6-10-22(18)27/h3-12,15H,13-14,16H2,1-2H3. The monoisotopic (exact) mass is 462 g/mol. The molecule has 0 N–H and O–H groups in total. The van der Waals surface area contributed by atoms with Gasteiger partial charge in [0, 0.05) is 29.0 Å². The zero-order valence-electron chi connectivity index (χ0n) is 18.4. The Balaban J connectivity index is 1.64. The molecule has 168 valence electrons. The number of methoxy groups -OCH3 is 1. The molecule has 2 aliphatic rings. The first-order valence-electron chi connectivity index (χ1n) is 10.7. The lowest BCUT2D eigenvalue weighted by molar-refractivity contribution is -0.123. The molecule has 0 radical (unpaired) electrons. The van der Waals surface area contributed by atoms with Crippen LogP contribution in [0.15, 0.2) is 66.7 Å². The summed E-state index contributed by atoms with van der Waals surface area (Å²) >= 11 is 1.44. The number of ether oxygens (including phenoxy) is 1. The molecule has 1 fully saturated rings. The molecule has 33 heavy (non-hydrogen) atoms. The van der Waals surface area contributed by atoms with E-state index in [1.54, 1.807) is 47.2 Å².